The number of hydrogen-bond acceptors (Lipinski definition) is 8. The lowest BCUT2D eigenvalue weighted by Gasteiger charge is -2.40. The third-order valence-electron chi connectivity index (χ3n) is 5.13. The Balaban J connectivity index is 2.95. The van der Waals surface area contributed by atoms with Crippen LogP contribution < -0.4 is 0 Å². The average Bonchev–Trinajstić information content (AvgIpc) is 2.58. The summed E-state index contributed by atoms with van der Waals surface area (Å²) in [6.07, 6.45) is -4.61. The van der Waals surface area contributed by atoms with Crippen LogP contribution in [-0.2, 0) is 14.3 Å². The molecule has 1 aliphatic rings. The van der Waals surface area contributed by atoms with Gasteiger partial charge in [0.05, 0.1) is 6.61 Å². The minimum atomic E-state index is -3.03. The Bertz CT molecular complexity index is 454. The Morgan fingerprint density at radius 2 is 1.88 bits per heavy atom. The van der Waals surface area contributed by atoms with Crippen LogP contribution in [0, 0.1) is 17.8 Å². The number of carbonyl (C=O) groups excluding carboxylic acids is 2. The van der Waals surface area contributed by atoms with Gasteiger partial charge in [-0.05, 0) is 24.7 Å². The van der Waals surface area contributed by atoms with Gasteiger partial charge in [-0.15, -0.1) is 0 Å². The van der Waals surface area contributed by atoms with Crippen molar-refractivity contribution in [1.29, 1.82) is 0 Å². The predicted octanol–water partition coefficient (Wildman–Crippen LogP) is -1.00. The van der Waals surface area contributed by atoms with E-state index in [2.05, 4.69) is 0 Å². The lowest BCUT2D eigenvalue weighted by molar-refractivity contribution is -0.200. The summed E-state index contributed by atoms with van der Waals surface area (Å²) < 4.78 is 5.34. The first kappa shape index (κ1) is 22.0. The minimum Gasteiger partial charge on any atom is -0.460 e. The summed E-state index contributed by atoms with van der Waals surface area (Å²) in [4.78, 5) is 23.7. The Labute approximate surface area is 147 Å². The van der Waals surface area contributed by atoms with Gasteiger partial charge < -0.3 is 30.3 Å². The Hall–Kier alpha value is -1.06. The summed E-state index contributed by atoms with van der Waals surface area (Å²) in [5.74, 6) is -0.825. The molecule has 1 saturated carbocycles. The van der Waals surface area contributed by atoms with Gasteiger partial charge in [-0.2, -0.15) is 0 Å². The Morgan fingerprint density at radius 1 is 1.28 bits per heavy atom. The van der Waals surface area contributed by atoms with E-state index in [4.69, 9.17) is 9.84 Å². The molecule has 0 radical (unpaired) electrons. The lowest BCUT2D eigenvalue weighted by Crippen LogP contribution is -2.60. The molecule has 1 aliphatic carbocycles. The number of aliphatic hydroxyl groups is 5. The van der Waals surface area contributed by atoms with Crippen LogP contribution in [0.25, 0.3) is 0 Å². The monoisotopic (exact) mass is 362 g/mol. The van der Waals surface area contributed by atoms with E-state index < -0.39 is 42.6 Å². The lowest BCUT2D eigenvalue weighted by atomic mass is 9.72. The summed E-state index contributed by atoms with van der Waals surface area (Å²) in [5, 5.41) is 48.1. The Morgan fingerprint density at radius 3 is 2.36 bits per heavy atom. The quantitative estimate of drug-likeness (QED) is 0.210. The summed E-state index contributed by atoms with van der Waals surface area (Å²) in [7, 11) is 0. The highest BCUT2D eigenvalue weighted by Gasteiger charge is 2.51. The van der Waals surface area contributed by atoms with Gasteiger partial charge in [0, 0.05) is 5.92 Å². The maximum atomic E-state index is 12.4. The molecule has 0 bridgehead atoms. The van der Waals surface area contributed by atoms with Crippen molar-refractivity contribution in [1.82, 2.24) is 0 Å². The molecule has 1 rings (SSSR count). The number of ether oxygens (including phenoxy) is 1. The van der Waals surface area contributed by atoms with Crippen molar-refractivity contribution < 1.29 is 39.9 Å². The van der Waals surface area contributed by atoms with Crippen LogP contribution in [0.5, 0.6) is 0 Å². The molecule has 25 heavy (non-hydrogen) atoms. The highest BCUT2D eigenvalue weighted by Crippen LogP contribution is 2.37. The van der Waals surface area contributed by atoms with Gasteiger partial charge in [-0.1, -0.05) is 27.2 Å². The fourth-order valence-electron chi connectivity index (χ4n) is 3.67. The van der Waals surface area contributed by atoms with Crippen LogP contribution in [0.3, 0.4) is 0 Å². The fraction of sp³-hybridized carbons (Fsp3) is 0.882. The molecule has 0 aromatic rings. The highest BCUT2D eigenvalue weighted by atomic mass is 16.6. The second kappa shape index (κ2) is 9.05. The van der Waals surface area contributed by atoms with E-state index >= 15 is 0 Å². The van der Waals surface area contributed by atoms with Crippen LogP contribution in [0.1, 0.15) is 40.0 Å². The van der Waals surface area contributed by atoms with Crippen molar-refractivity contribution >= 4 is 12.3 Å². The smallest absolute Gasteiger partial charge is 0.348 e. The first-order chi connectivity index (χ1) is 11.6. The van der Waals surface area contributed by atoms with Gasteiger partial charge in [0.15, 0.2) is 6.29 Å². The van der Waals surface area contributed by atoms with Crippen molar-refractivity contribution in [2.75, 3.05) is 6.61 Å². The topological polar surface area (TPSA) is 145 Å². The van der Waals surface area contributed by atoms with E-state index in [0.29, 0.717) is 12.3 Å². The Kier molecular flexibility index (Phi) is 7.95. The molecule has 1 fully saturated rings. The number of rotatable bonds is 8. The molecule has 0 aliphatic heterocycles. The van der Waals surface area contributed by atoms with E-state index in [9.17, 15) is 30.0 Å². The van der Waals surface area contributed by atoms with Crippen LogP contribution in [0.4, 0.5) is 0 Å². The van der Waals surface area contributed by atoms with Crippen LogP contribution in [0.15, 0.2) is 0 Å². The third kappa shape index (κ3) is 4.77. The second-order valence-electron chi connectivity index (χ2n) is 7.30. The van der Waals surface area contributed by atoms with Crippen LogP contribution in [0.2, 0.25) is 0 Å². The van der Waals surface area contributed by atoms with Crippen molar-refractivity contribution in [3.8, 4) is 0 Å². The number of aldehydes is 1. The van der Waals surface area contributed by atoms with Crippen molar-refractivity contribution in [2.45, 2.75) is 70.1 Å². The first-order valence-corrected chi connectivity index (χ1v) is 8.64. The average molecular weight is 362 g/mol. The van der Waals surface area contributed by atoms with Crippen LogP contribution >= 0.6 is 0 Å². The number of aliphatic hydroxyl groups excluding tert-OH is 4. The van der Waals surface area contributed by atoms with E-state index in [0.717, 1.165) is 12.8 Å². The van der Waals surface area contributed by atoms with Crippen LogP contribution in [-0.4, -0.2) is 74.4 Å². The molecule has 8 nitrogen and oxygen atoms in total. The summed E-state index contributed by atoms with van der Waals surface area (Å²) in [6.45, 7) is 5.12. The minimum absolute atomic E-state index is 0.0405. The zero-order valence-electron chi connectivity index (χ0n) is 14.9. The van der Waals surface area contributed by atoms with Gasteiger partial charge in [0.25, 0.3) is 0 Å². The van der Waals surface area contributed by atoms with Crippen molar-refractivity contribution in [3.63, 3.8) is 0 Å². The van der Waals surface area contributed by atoms with Gasteiger partial charge in [0.2, 0.25) is 5.60 Å². The fourth-order valence-corrected chi connectivity index (χ4v) is 3.67. The maximum absolute atomic E-state index is 12.4. The van der Waals surface area contributed by atoms with E-state index in [1.54, 1.807) is 0 Å². The van der Waals surface area contributed by atoms with Gasteiger partial charge in [-0.3, -0.25) is 4.79 Å². The zero-order chi connectivity index (χ0) is 19.4. The molecule has 0 spiro atoms. The maximum Gasteiger partial charge on any atom is 0.348 e. The molecule has 0 amide bonds. The van der Waals surface area contributed by atoms with Gasteiger partial charge >= 0.3 is 5.97 Å². The highest BCUT2D eigenvalue weighted by molar-refractivity contribution is 5.97. The summed E-state index contributed by atoms with van der Waals surface area (Å²) >= 11 is 0. The molecule has 8 heteroatoms. The molecular weight excluding hydrogens is 332 g/mol. The molecule has 146 valence electrons. The van der Waals surface area contributed by atoms with Gasteiger partial charge in [-0.25, -0.2) is 4.79 Å². The SMILES string of the molecule is CC(C)C1C(C)CCCC1OC(=O)[C@](O)(C=O)[C@@H](O)[C@H](O)[C@H](O)CO. The molecule has 0 heterocycles. The molecule has 0 saturated heterocycles. The number of esters is 1. The summed E-state index contributed by atoms with van der Waals surface area (Å²) in [6, 6.07) is 0. The van der Waals surface area contributed by atoms with E-state index in [-0.39, 0.29) is 18.1 Å². The molecule has 0 aromatic heterocycles. The third-order valence-corrected chi connectivity index (χ3v) is 5.13. The normalized spacial score (nSPS) is 30.2. The van der Waals surface area contributed by atoms with E-state index in [1.165, 1.54) is 0 Å². The standard InChI is InChI=1S/C17H30O8/c1-9(2)13-10(3)5-4-6-12(13)25-16(23)17(24,8-19)15(22)14(21)11(20)7-18/h8-15,18,20-22,24H,4-7H2,1-3H3/t10?,11-,12?,13?,14-,15+,17+/m1/s1. The molecule has 0 aromatic carbocycles. The largest absolute Gasteiger partial charge is 0.460 e. The zero-order valence-corrected chi connectivity index (χ0v) is 14.9. The predicted molar refractivity (Wildman–Crippen MR) is 87.3 cm³/mol. The molecule has 5 N–H and O–H groups in total. The second-order valence-corrected chi connectivity index (χ2v) is 7.30. The molecule has 7 atom stereocenters. The molecule has 3 unspecified atom stereocenters. The number of carbonyl (C=O) groups is 2. The van der Waals surface area contributed by atoms with Crippen molar-refractivity contribution in [3.05, 3.63) is 0 Å². The summed E-state index contributed by atoms with van der Waals surface area (Å²) in [5.41, 5.74) is -3.03. The van der Waals surface area contributed by atoms with Gasteiger partial charge in [0.1, 0.15) is 24.4 Å². The van der Waals surface area contributed by atoms with Crippen molar-refractivity contribution in [2.24, 2.45) is 17.8 Å². The first-order valence-electron chi connectivity index (χ1n) is 8.64. The van der Waals surface area contributed by atoms with E-state index in [1.807, 2.05) is 20.8 Å². The molecular formula is C17H30O8. The number of hydrogen-bond donors (Lipinski definition) is 5.